The minimum Gasteiger partial charge on any atom is -0.335 e. The lowest BCUT2D eigenvalue weighted by molar-refractivity contribution is -0.118. The van der Waals surface area contributed by atoms with Crippen molar-refractivity contribution in [2.75, 3.05) is 21.3 Å². The van der Waals surface area contributed by atoms with Gasteiger partial charge in [-0.1, -0.05) is 41.0 Å². The van der Waals surface area contributed by atoms with Crippen LogP contribution < -0.4 is 21.3 Å². The zero-order chi connectivity index (χ0) is 101. The Morgan fingerprint density at radius 2 is 0.612 bits per heavy atom. The number of carbonyl (C=O) groups excluding carboxylic acids is 4. The minimum absolute atomic E-state index is 0.0312. The zero-order valence-corrected chi connectivity index (χ0v) is 81.5. The molecule has 147 heavy (non-hydrogen) atoms. The van der Waals surface area contributed by atoms with Crippen LogP contribution in [0.1, 0.15) is 86.0 Å². The third kappa shape index (κ3) is 20.2. The quantitative estimate of drug-likeness (QED) is 0.0265. The molecule has 0 atom stereocenters. The van der Waals surface area contributed by atoms with Gasteiger partial charge in [0.1, 0.15) is 44.8 Å². The van der Waals surface area contributed by atoms with Gasteiger partial charge in [-0.2, -0.15) is 38.0 Å². The van der Waals surface area contributed by atoms with E-state index in [2.05, 4.69) is 149 Å². The van der Waals surface area contributed by atoms with Gasteiger partial charge in [-0.05, 0) is 128 Å². The first-order valence-corrected chi connectivity index (χ1v) is 49.6. The summed E-state index contributed by atoms with van der Waals surface area (Å²) in [5, 5.41) is 43.1. The highest BCUT2D eigenvalue weighted by Crippen LogP contribution is 2.43. The summed E-state index contributed by atoms with van der Waals surface area (Å²) in [6.07, 6.45) is 39.5. The molecule has 12 N–H and O–H groups in total. The molecule has 36 nitrogen and oxygen atoms in total. The van der Waals surface area contributed by atoms with E-state index in [1.54, 1.807) is 148 Å². The Morgan fingerprint density at radius 1 is 0.333 bits per heavy atom. The maximum atomic E-state index is 13.7. The summed E-state index contributed by atoms with van der Waals surface area (Å²) in [4.78, 5) is 136. The average Bonchev–Trinajstić information content (AvgIpc) is 1.62. The van der Waals surface area contributed by atoms with Crippen LogP contribution in [-0.4, -0.2) is 164 Å². The zero-order valence-electron chi connectivity index (χ0n) is 78.2. The van der Waals surface area contributed by atoms with Crippen molar-refractivity contribution in [2.24, 2.45) is 11.3 Å². The van der Waals surface area contributed by atoms with Crippen LogP contribution in [0.4, 0.5) is 40.3 Å². The number of carbonyl (C=O) groups is 4. The fourth-order valence-electron chi connectivity index (χ4n) is 16.7. The molecule has 0 aliphatic heterocycles. The first-order chi connectivity index (χ1) is 71.5. The van der Waals surface area contributed by atoms with Crippen molar-refractivity contribution in [2.45, 2.75) is 86.0 Å². The molecule has 0 radical (unpaired) electrons. The molecule has 1 aliphatic carbocycles. The number of anilines is 4. The Labute approximate surface area is 844 Å². The summed E-state index contributed by atoms with van der Waals surface area (Å²) >= 11 is 4.20. The molecule has 1 aliphatic rings. The molecule has 44 heteroatoms. The second kappa shape index (κ2) is 40.0. The summed E-state index contributed by atoms with van der Waals surface area (Å²) < 4.78 is 54.6. The smallest absolute Gasteiger partial charge is 0.227 e. The van der Waals surface area contributed by atoms with E-state index in [9.17, 15) is 36.7 Å². The van der Waals surface area contributed by atoms with Gasteiger partial charge in [0.25, 0.3) is 0 Å². The van der Waals surface area contributed by atoms with Gasteiger partial charge in [0.05, 0.1) is 116 Å². The van der Waals surface area contributed by atoms with Gasteiger partial charge in [0.2, 0.25) is 23.6 Å². The molecule has 25 rings (SSSR count). The lowest BCUT2D eigenvalue weighted by Crippen LogP contribution is -2.19. The Kier molecular flexibility index (Phi) is 25.6. The topological polar surface area (TPSA) is 501 Å². The largest absolute Gasteiger partial charge is 0.335 e. The third-order valence-corrected chi connectivity index (χ3v) is 27.4. The number of H-pyrrole nitrogens is 8. The van der Waals surface area contributed by atoms with Crippen LogP contribution in [0.15, 0.2) is 221 Å². The molecule has 1 saturated carbocycles. The van der Waals surface area contributed by atoms with Gasteiger partial charge >= 0.3 is 0 Å². The standard InChI is InChI=1S/C27H23FN8OS.C26H21FN8OS.C25H17FN8OS.C25H19FN8OS/c1-27(2,3)8-22(37)32-16-6-14(9-29-11-16)15-7-17-24(35-36-25(17)31-10-15)26-33-19-13-30-12-18(23(19)34-26)20-4-5-21(28)38-20;1-2-3-4-22(36)31-16-7-14(9-28-11-16)15-8-17-24(34-35-25(17)30-10-15)26-32-19-13-29-12-18(23(19)33-26)20-5-6-21(27)37-20;26-20-4-3-19(36-20)17-10-28-11-18-21(17)32-24(31-18)22-16-6-14(8-29-23(16)34-33-22)13-5-15(9-27-7-13)30-25(35)12-1-2-12;1-2-3-21(35)30-15-6-13(8-27-10-15)14-7-16-23(33-34-24(16)29-9-14)25-31-18-12-28-11-17(22(18)32-25)19-4-5-20(26)36-19/h4-7,9-13H,8H2,1-3H3,(H,32,37)(H,33,34)(H,31,35,36);5-13H,2-4H2,1H3,(H,31,36)(H,32,33)(H,30,34,35);3-12H,1-2H2,(H,30,35)(H,31,32)(H,29,33,34);4-12H,2-3H2,1H3,(H,30,35)(H,31,32)(H,29,33,34). The molecular formula is C103H80F4N32O4S4. The van der Waals surface area contributed by atoms with Crippen molar-refractivity contribution in [1.82, 2.24) is 140 Å². The average molecular weight is 2030 g/mol. The molecule has 0 bridgehead atoms. The maximum Gasteiger partial charge on any atom is 0.227 e. The number of hydrogen-bond donors (Lipinski definition) is 12. The van der Waals surface area contributed by atoms with E-state index in [4.69, 9.17) is 19.9 Å². The molecule has 728 valence electrons. The molecular weight excluding hydrogens is 1950 g/mol. The number of pyridine rings is 12. The van der Waals surface area contributed by atoms with Crippen molar-refractivity contribution in [3.8, 4) is 132 Å². The van der Waals surface area contributed by atoms with Gasteiger partial charge in [0, 0.05) is 186 Å². The van der Waals surface area contributed by atoms with Crippen LogP contribution in [-0.2, 0) is 19.2 Å². The lowest BCUT2D eigenvalue weighted by Gasteiger charge is -2.17. The van der Waals surface area contributed by atoms with Gasteiger partial charge < -0.3 is 41.2 Å². The normalized spacial score (nSPS) is 12.0. The number of rotatable bonds is 23. The van der Waals surface area contributed by atoms with Crippen molar-refractivity contribution < 1.29 is 36.7 Å². The fourth-order valence-corrected chi connectivity index (χ4v) is 19.6. The van der Waals surface area contributed by atoms with Crippen molar-refractivity contribution in [3.63, 3.8) is 0 Å². The highest BCUT2D eigenvalue weighted by molar-refractivity contribution is 7.15. The van der Waals surface area contributed by atoms with Crippen LogP contribution >= 0.6 is 45.3 Å². The Hall–Kier alpha value is -18.0. The van der Waals surface area contributed by atoms with Crippen molar-refractivity contribution in [3.05, 3.63) is 242 Å². The van der Waals surface area contributed by atoms with Gasteiger partial charge in [-0.15, -0.1) is 45.3 Å². The summed E-state index contributed by atoms with van der Waals surface area (Å²) in [6.45, 7) is 10.1. The molecule has 0 unspecified atom stereocenters. The predicted octanol–water partition coefficient (Wildman–Crippen LogP) is 22.9. The number of aromatic amines is 8. The number of nitrogens with one attached hydrogen (secondary N) is 12. The third-order valence-electron chi connectivity index (χ3n) is 23.8. The van der Waals surface area contributed by atoms with Gasteiger partial charge in [0.15, 0.2) is 66.4 Å². The fraction of sp³-hybridized carbons (Fsp3) is 0.146. The minimum atomic E-state index is -0.266. The van der Waals surface area contributed by atoms with Crippen molar-refractivity contribution in [1.29, 1.82) is 0 Å². The molecule has 0 spiro atoms. The molecule has 0 aromatic carbocycles. The van der Waals surface area contributed by atoms with E-state index in [-0.39, 0.29) is 55.5 Å². The Morgan fingerprint density at radius 3 is 0.884 bits per heavy atom. The van der Waals surface area contributed by atoms with Crippen LogP contribution in [0.5, 0.6) is 0 Å². The summed E-state index contributed by atoms with van der Waals surface area (Å²) in [5.74, 6) is 2.26. The van der Waals surface area contributed by atoms with Crippen molar-refractivity contribution >= 4 is 180 Å². The Bertz CT molecular complexity index is 9170. The number of halogens is 4. The summed E-state index contributed by atoms with van der Waals surface area (Å²) in [7, 11) is 0. The first-order valence-electron chi connectivity index (χ1n) is 46.3. The van der Waals surface area contributed by atoms with Crippen LogP contribution in [0.3, 0.4) is 0 Å². The van der Waals surface area contributed by atoms with E-state index in [1.807, 2.05) is 76.2 Å². The molecule has 4 amide bonds. The molecule has 24 aromatic heterocycles. The van der Waals surface area contributed by atoms with E-state index < -0.39 is 0 Å². The molecule has 24 heterocycles. The number of amides is 4. The van der Waals surface area contributed by atoms with E-state index in [0.717, 1.165) is 207 Å². The number of thiophene rings is 4. The maximum absolute atomic E-state index is 13.7. The lowest BCUT2D eigenvalue weighted by atomic mass is 9.92. The number of nitrogens with zero attached hydrogens (tertiary/aromatic N) is 20. The second-order valence-corrected chi connectivity index (χ2v) is 39.8. The van der Waals surface area contributed by atoms with Crippen LogP contribution in [0, 0.1) is 31.9 Å². The van der Waals surface area contributed by atoms with Crippen LogP contribution in [0.25, 0.3) is 221 Å². The summed E-state index contributed by atoms with van der Waals surface area (Å²) in [5.41, 5.74) is 22.4. The van der Waals surface area contributed by atoms with Gasteiger partial charge in [-0.25, -0.2) is 39.9 Å². The van der Waals surface area contributed by atoms with Gasteiger partial charge in [-0.3, -0.25) is 79.4 Å². The SMILES string of the molecule is CC(C)(C)CC(=O)Nc1cncc(-c2cnc3n[nH]c(-c4nc5c(-c6ccc(F)s6)cncc5[nH]4)c3c2)c1.CCCC(=O)Nc1cncc(-c2cnc3n[nH]c(-c4nc5c(-c6ccc(F)s6)cncc5[nH]4)c3c2)c1.CCCCC(=O)Nc1cncc(-c2cnc3n[nH]c(-c4nc5c(-c6ccc(F)s6)cncc5[nH]4)c3c2)c1.O=C(Nc1cncc(-c2cnc3n[nH]c(-c4nc5c(-c6ccc(F)s6)cncc5[nH]4)c3c2)c1)C1CC1. The number of hydrogen-bond acceptors (Lipinski definition) is 28. The molecule has 1 fully saturated rings. The number of unbranched alkanes of at least 4 members (excludes halogenated alkanes) is 1. The Balaban J connectivity index is 0.000000111. The number of aromatic nitrogens is 28. The van der Waals surface area contributed by atoms with E-state index in [0.29, 0.717) is 133 Å². The van der Waals surface area contributed by atoms with Crippen LogP contribution in [0.2, 0.25) is 0 Å². The number of imidazole rings is 4. The van der Waals surface area contributed by atoms with E-state index in [1.165, 1.54) is 24.3 Å². The molecule has 24 aromatic rings. The second-order valence-electron chi connectivity index (χ2n) is 35.7. The van der Waals surface area contributed by atoms with E-state index >= 15 is 0 Å². The molecule has 0 saturated heterocycles. The number of fused-ring (bicyclic) bond motifs is 8. The highest BCUT2D eigenvalue weighted by atomic mass is 32.1. The summed E-state index contributed by atoms with van der Waals surface area (Å²) in [6, 6.07) is 28.0. The highest BCUT2D eigenvalue weighted by Gasteiger charge is 2.31. The monoisotopic (exact) mass is 2030 g/mol. The first kappa shape index (κ1) is 93.9. The predicted molar refractivity (Wildman–Crippen MR) is 559 cm³/mol.